The minimum Gasteiger partial charge on any atom is -1.00 e. The summed E-state index contributed by atoms with van der Waals surface area (Å²) in [5, 5.41) is 0. The van der Waals surface area contributed by atoms with E-state index in [0.717, 1.165) is 17.6 Å². The van der Waals surface area contributed by atoms with Crippen LogP contribution in [0.15, 0.2) is 25.3 Å². The second-order valence-electron chi connectivity index (χ2n) is 2.88. The Kier molecular flexibility index (Phi) is 13.6. The van der Waals surface area contributed by atoms with Crippen LogP contribution >= 0.6 is 0 Å². The van der Waals surface area contributed by atoms with Gasteiger partial charge in [-0.1, -0.05) is 13.2 Å². The van der Waals surface area contributed by atoms with Gasteiger partial charge in [0.25, 0.3) is 0 Å². The van der Waals surface area contributed by atoms with Gasteiger partial charge in [0.2, 0.25) is 0 Å². The van der Waals surface area contributed by atoms with Gasteiger partial charge in [0, 0.05) is 21.7 Å². The normalized spacial score (nSPS) is 8.91. The molecule has 0 saturated carbocycles. The van der Waals surface area contributed by atoms with Gasteiger partial charge in [-0.25, -0.2) is 0 Å². The van der Waals surface area contributed by atoms with Gasteiger partial charge >= 0.3 is 0 Å². The van der Waals surface area contributed by atoms with Gasteiger partial charge < -0.3 is 16.9 Å². The van der Waals surface area contributed by atoms with Crippen LogP contribution in [0.4, 0.5) is 0 Å². The zero-order valence-corrected chi connectivity index (χ0v) is 9.63. The molecule has 0 bridgehead atoms. The number of halogens is 1. The fraction of sp³-hybridized carbons (Fsp3) is 0.500. The molecule has 0 aliphatic carbocycles. The summed E-state index contributed by atoms with van der Waals surface area (Å²) in [6.07, 6.45) is 3.87. The standard InChI is InChI=1S/C8H16N.ClH.Ti/c1-5-7-9(3,4)8-6-2;;/h5-6H,1-2,7-8H2,3-4H3;1H;/q+1;;/p-1. The third-order valence-corrected chi connectivity index (χ3v) is 1.25. The van der Waals surface area contributed by atoms with Crippen LogP contribution < -0.4 is 12.4 Å². The van der Waals surface area contributed by atoms with Crippen LogP contribution in [-0.4, -0.2) is 31.7 Å². The van der Waals surface area contributed by atoms with Gasteiger partial charge in [0.1, 0.15) is 0 Å². The molecule has 0 aromatic rings. The van der Waals surface area contributed by atoms with Crippen molar-refractivity contribution >= 4 is 0 Å². The number of hydrogen-bond donors (Lipinski definition) is 0. The monoisotopic (exact) mass is 209 g/mol. The van der Waals surface area contributed by atoms with Crippen LogP contribution in [0.25, 0.3) is 0 Å². The molecule has 3 heteroatoms. The van der Waals surface area contributed by atoms with E-state index in [4.69, 9.17) is 0 Å². The zero-order chi connectivity index (χ0) is 7.33. The fourth-order valence-electron chi connectivity index (χ4n) is 0.774. The first-order valence-electron chi connectivity index (χ1n) is 3.16. The molecule has 1 nitrogen and oxygen atoms in total. The van der Waals surface area contributed by atoms with E-state index >= 15 is 0 Å². The van der Waals surface area contributed by atoms with E-state index in [2.05, 4.69) is 27.3 Å². The van der Waals surface area contributed by atoms with Crippen molar-refractivity contribution in [3.8, 4) is 0 Å². The summed E-state index contributed by atoms with van der Waals surface area (Å²) in [4.78, 5) is 0. The Hall–Kier alpha value is 0.444. The number of nitrogens with zero attached hydrogens (tertiary/aromatic N) is 1. The van der Waals surface area contributed by atoms with Crippen LogP contribution in [0.5, 0.6) is 0 Å². The molecule has 0 amide bonds. The second kappa shape index (κ2) is 8.54. The minimum absolute atomic E-state index is 0. The zero-order valence-electron chi connectivity index (χ0n) is 7.31. The smallest absolute Gasteiger partial charge is 0.0969 e. The van der Waals surface area contributed by atoms with Crippen molar-refractivity contribution in [2.24, 2.45) is 0 Å². The van der Waals surface area contributed by atoms with E-state index < -0.39 is 0 Å². The van der Waals surface area contributed by atoms with Gasteiger partial charge in [-0.05, 0) is 12.2 Å². The summed E-state index contributed by atoms with van der Waals surface area (Å²) in [7, 11) is 4.31. The van der Waals surface area contributed by atoms with Crippen molar-refractivity contribution in [3.05, 3.63) is 25.3 Å². The van der Waals surface area contributed by atoms with Gasteiger partial charge in [-0.2, -0.15) is 0 Å². The maximum absolute atomic E-state index is 3.68. The molecular weight excluding hydrogens is 193 g/mol. The quantitative estimate of drug-likeness (QED) is 0.298. The van der Waals surface area contributed by atoms with E-state index in [-0.39, 0.29) is 34.1 Å². The number of rotatable bonds is 4. The molecule has 0 spiro atoms. The first-order chi connectivity index (χ1) is 4.12. The van der Waals surface area contributed by atoms with Crippen molar-refractivity contribution in [1.82, 2.24) is 0 Å². The van der Waals surface area contributed by atoms with Gasteiger partial charge in [-0.3, -0.25) is 0 Å². The summed E-state index contributed by atoms with van der Waals surface area (Å²) in [5.41, 5.74) is 0. The summed E-state index contributed by atoms with van der Waals surface area (Å²) < 4.78 is 0.951. The van der Waals surface area contributed by atoms with E-state index in [1.165, 1.54) is 0 Å². The van der Waals surface area contributed by atoms with Crippen LogP contribution in [0.3, 0.4) is 0 Å². The Morgan fingerprint density at radius 1 is 1.09 bits per heavy atom. The molecule has 0 rings (SSSR count). The van der Waals surface area contributed by atoms with E-state index in [9.17, 15) is 0 Å². The largest absolute Gasteiger partial charge is 1.00 e. The summed E-state index contributed by atoms with van der Waals surface area (Å²) in [6, 6.07) is 0. The Bertz CT molecular complexity index is 101. The number of quaternary nitrogens is 1. The Balaban J connectivity index is -0.000000320. The van der Waals surface area contributed by atoms with Crippen LogP contribution in [0.2, 0.25) is 0 Å². The number of hydrogen-bond acceptors (Lipinski definition) is 0. The van der Waals surface area contributed by atoms with Crippen molar-refractivity contribution in [3.63, 3.8) is 0 Å². The molecule has 0 aromatic carbocycles. The fourth-order valence-corrected chi connectivity index (χ4v) is 0.774. The molecule has 64 valence electrons. The third-order valence-electron chi connectivity index (χ3n) is 1.25. The first-order valence-corrected chi connectivity index (χ1v) is 3.16. The third kappa shape index (κ3) is 10.4. The molecule has 0 fully saturated rings. The Labute approximate surface area is 91.0 Å². The van der Waals surface area contributed by atoms with E-state index in [0.29, 0.717) is 0 Å². The van der Waals surface area contributed by atoms with Gasteiger partial charge in [0.15, 0.2) is 0 Å². The molecule has 0 radical (unpaired) electrons. The maximum atomic E-state index is 3.68. The summed E-state index contributed by atoms with van der Waals surface area (Å²) in [6.45, 7) is 9.37. The molecule has 0 N–H and O–H groups in total. The average Bonchev–Trinajstić information content (AvgIpc) is 1.64. The second-order valence-corrected chi connectivity index (χ2v) is 2.88. The molecule has 0 heterocycles. The molecule has 0 aromatic heterocycles. The number of likely N-dealkylation sites (N-methyl/N-ethyl adjacent to an activating group) is 1. The Morgan fingerprint density at radius 2 is 1.36 bits per heavy atom. The maximum Gasteiger partial charge on any atom is 0.0969 e. The molecule has 11 heavy (non-hydrogen) atoms. The first kappa shape index (κ1) is 17.5. The molecule has 0 aliphatic heterocycles. The molecular formula is C8H16ClNTi. The van der Waals surface area contributed by atoms with Gasteiger partial charge in [-0.15, -0.1) is 0 Å². The van der Waals surface area contributed by atoms with Gasteiger partial charge in [0.05, 0.1) is 27.2 Å². The van der Waals surface area contributed by atoms with Crippen molar-refractivity contribution in [2.45, 2.75) is 0 Å². The molecule has 0 atom stereocenters. The van der Waals surface area contributed by atoms with E-state index in [1.807, 2.05) is 12.2 Å². The predicted molar refractivity (Wildman–Crippen MR) is 42.2 cm³/mol. The minimum atomic E-state index is 0. The van der Waals surface area contributed by atoms with Crippen molar-refractivity contribution in [2.75, 3.05) is 27.2 Å². The summed E-state index contributed by atoms with van der Waals surface area (Å²) >= 11 is 0. The predicted octanol–water partition coefficient (Wildman–Crippen LogP) is -1.56. The molecule has 0 aliphatic rings. The van der Waals surface area contributed by atoms with E-state index in [1.54, 1.807) is 0 Å². The van der Waals surface area contributed by atoms with Crippen LogP contribution in [-0.2, 0) is 21.7 Å². The molecule has 0 unspecified atom stereocenters. The molecule has 0 saturated heterocycles. The summed E-state index contributed by atoms with van der Waals surface area (Å²) in [5.74, 6) is 0. The topological polar surface area (TPSA) is 0 Å². The van der Waals surface area contributed by atoms with Crippen molar-refractivity contribution < 1.29 is 38.6 Å². The Morgan fingerprint density at radius 3 is 1.55 bits per heavy atom. The van der Waals surface area contributed by atoms with Crippen molar-refractivity contribution in [1.29, 1.82) is 0 Å². The van der Waals surface area contributed by atoms with Crippen LogP contribution in [0.1, 0.15) is 0 Å². The SMILES string of the molecule is C=CC[N+](C)(C)CC=C.[Cl-].[Ti]. The van der Waals surface area contributed by atoms with Crippen LogP contribution in [0, 0.1) is 0 Å². The average molecular weight is 210 g/mol.